The van der Waals surface area contributed by atoms with Gasteiger partial charge in [0.1, 0.15) is 11.7 Å². The van der Waals surface area contributed by atoms with Crippen LogP contribution in [0.1, 0.15) is 20.8 Å². The topological polar surface area (TPSA) is 27.1 Å². The van der Waals surface area contributed by atoms with Crippen molar-refractivity contribution in [1.29, 1.82) is 5.41 Å². The van der Waals surface area contributed by atoms with Crippen molar-refractivity contribution in [2.45, 2.75) is 20.8 Å². The molecular formula is C12H17FN2. The van der Waals surface area contributed by atoms with Gasteiger partial charge in [-0.05, 0) is 12.1 Å². The zero-order valence-corrected chi connectivity index (χ0v) is 9.63. The maximum atomic E-state index is 13.5. The molecule has 1 rings (SSSR count). The van der Waals surface area contributed by atoms with E-state index in [1.54, 1.807) is 30.1 Å². The van der Waals surface area contributed by atoms with Gasteiger partial charge in [-0.1, -0.05) is 32.9 Å². The number of hydrogen-bond donors (Lipinski definition) is 1. The minimum Gasteiger partial charge on any atom is -0.331 e. The fourth-order valence-corrected chi connectivity index (χ4v) is 1.35. The molecule has 15 heavy (non-hydrogen) atoms. The number of hydrogen-bond acceptors (Lipinski definition) is 1. The first kappa shape index (κ1) is 11.7. The van der Waals surface area contributed by atoms with Crippen LogP contribution in [0.25, 0.3) is 0 Å². The standard InChI is InChI=1S/C12H17FN2/c1-12(2,3)11(14)15(4)10-8-6-5-7-9(10)13/h5-8,14H,1-4H3. The third-order valence-corrected chi connectivity index (χ3v) is 2.26. The lowest BCUT2D eigenvalue weighted by molar-refractivity contribution is 0.573. The Bertz CT molecular complexity index is 366. The van der Waals surface area contributed by atoms with E-state index in [1.165, 1.54) is 6.07 Å². The van der Waals surface area contributed by atoms with Crippen LogP contribution < -0.4 is 4.90 Å². The van der Waals surface area contributed by atoms with Gasteiger partial charge in [0.25, 0.3) is 0 Å². The number of anilines is 1. The minimum atomic E-state index is -0.297. The van der Waals surface area contributed by atoms with Crippen LogP contribution in [0.15, 0.2) is 24.3 Å². The first-order valence-corrected chi connectivity index (χ1v) is 4.91. The molecule has 0 heterocycles. The Balaban J connectivity index is 3.01. The number of nitrogens with one attached hydrogen (secondary N) is 1. The quantitative estimate of drug-likeness (QED) is 0.556. The molecule has 0 aliphatic carbocycles. The van der Waals surface area contributed by atoms with Crippen molar-refractivity contribution in [2.24, 2.45) is 5.41 Å². The number of benzene rings is 1. The van der Waals surface area contributed by atoms with Crippen molar-refractivity contribution in [3.63, 3.8) is 0 Å². The van der Waals surface area contributed by atoms with Gasteiger partial charge in [-0.2, -0.15) is 0 Å². The second kappa shape index (κ2) is 4.01. The van der Waals surface area contributed by atoms with E-state index in [4.69, 9.17) is 5.41 Å². The molecule has 3 heteroatoms. The fourth-order valence-electron chi connectivity index (χ4n) is 1.35. The highest BCUT2D eigenvalue weighted by atomic mass is 19.1. The Kier molecular flexibility index (Phi) is 3.12. The normalized spacial score (nSPS) is 11.3. The Morgan fingerprint density at radius 1 is 1.27 bits per heavy atom. The third-order valence-electron chi connectivity index (χ3n) is 2.26. The van der Waals surface area contributed by atoms with Crippen molar-refractivity contribution < 1.29 is 4.39 Å². The second-order valence-electron chi connectivity index (χ2n) is 4.61. The van der Waals surface area contributed by atoms with Crippen molar-refractivity contribution in [3.8, 4) is 0 Å². The average molecular weight is 208 g/mol. The van der Waals surface area contributed by atoms with Gasteiger partial charge >= 0.3 is 0 Å². The molecule has 0 spiro atoms. The Morgan fingerprint density at radius 3 is 2.27 bits per heavy atom. The summed E-state index contributed by atoms with van der Waals surface area (Å²) in [7, 11) is 1.71. The van der Waals surface area contributed by atoms with Crippen LogP contribution in [-0.2, 0) is 0 Å². The SMILES string of the molecule is CN(C(=N)C(C)(C)C)c1ccccc1F. The molecule has 0 aliphatic heterocycles. The van der Waals surface area contributed by atoms with Crippen LogP contribution >= 0.6 is 0 Å². The molecule has 0 aliphatic rings. The summed E-state index contributed by atoms with van der Waals surface area (Å²) >= 11 is 0. The molecule has 1 N–H and O–H groups in total. The summed E-state index contributed by atoms with van der Waals surface area (Å²) in [5.74, 6) is 0.0987. The highest BCUT2D eigenvalue weighted by Crippen LogP contribution is 2.24. The first-order valence-electron chi connectivity index (χ1n) is 4.91. The molecule has 0 amide bonds. The second-order valence-corrected chi connectivity index (χ2v) is 4.61. The van der Waals surface area contributed by atoms with Crippen molar-refractivity contribution in [3.05, 3.63) is 30.1 Å². The summed E-state index contributed by atoms with van der Waals surface area (Å²) < 4.78 is 13.5. The van der Waals surface area contributed by atoms with E-state index in [9.17, 15) is 4.39 Å². The molecule has 0 bridgehead atoms. The third kappa shape index (κ3) is 2.55. The Morgan fingerprint density at radius 2 is 1.80 bits per heavy atom. The first-order chi connectivity index (χ1) is 6.84. The van der Waals surface area contributed by atoms with E-state index < -0.39 is 0 Å². The summed E-state index contributed by atoms with van der Waals surface area (Å²) in [5, 5.41) is 7.94. The van der Waals surface area contributed by atoms with Gasteiger partial charge in [0.15, 0.2) is 0 Å². The van der Waals surface area contributed by atoms with E-state index in [1.807, 2.05) is 20.8 Å². The summed E-state index contributed by atoms with van der Waals surface area (Å²) in [6.45, 7) is 5.81. The van der Waals surface area contributed by atoms with Crippen molar-refractivity contribution in [1.82, 2.24) is 0 Å². The van der Waals surface area contributed by atoms with Crippen LogP contribution in [0.3, 0.4) is 0 Å². The average Bonchev–Trinajstić information content (AvgIpc) is 2.15. The summed E-state index contributed by atoms with van der Waals surface area (Å²) in [5.41, 5.74) is 0.161. The molecular weight excluding hydrogens is 191 g/mol. The molecule has 0 saturated carbocycles. The Hall–Kier alpha value is -1.38. The maximum absolute atomic E-state index is 13.5. The fraction of sp³-hybridized carbons (Fsp3) is 0.417. The highest BCUT2D eigenvalue weighted by molar-refractivity contribution is 5.98. The van der Waals surface area contributed by atoms with E-state index >= 15 is 0 Å². The van der Waals surface area contributed by atoms with Gasteiger partial charge in [0, 0.05) is 12.5 Å². The maximum Gasteiger partial charge on any atom is 0.146 e. The molecule has 0 radical (unpaired) electrons. The van der Waals surface area contributed by atoms with Crippen LogP contribution in [0.4, 0.5) is 10.1 Å². The highest BCUT2D eigenvalue weighted by Gasteiger charge is 2.22. The van der Waals surface area contributed by atoms with Crippen LogP contribution in [0.5, 0.6) is 0 Å². The zero-order valence-electron chi connectivity index (χ0n) is 9.63. The molecule has 0 fully saturated rings. The lowest BCUT2D eigenvalue weighted by Gasteiger charge is -2.29. The molecule has 0 aromatic heterocycles. The smallest absolute Gasteiger partial charge is 0.146 e. The van der Waals surface area contributed by atoms with Crippen LogP contribution in [0, 0.1) is 16.6 Å². The molecule has 0 saturated heterocycles. The van der Waals surface area contributed by atoms with Gasteiger partial charge in [-0.25, -0.2) is 4.39 Å². The molecule has 2 nitrogen and oxygen atoms in total. The monoisotopic (exact) mass is 208 g/mol. The molecule has 82 valence electrons. The van der Waals surface area contributed by atoms with E-state index in [2.05, 4.69) is 0 Å². The predicted octanol–water partition coefficient (Wildman–Crippen LogP) is 3.29. The summed E-state index contributed by atoms with van der Waals surface area (Å²) in [4.78, 5) is 1.58. The van der Waals surface area contributed by atoms with Crippen LogP contribution in [0.2, 0.25) is 0 Å². The summed E-state index contributed by atoms with van der Waals surface area (Å²) in [6, 6.07) is 6.50. The number of nitrogens with zero attached hydrogens (tertiary/aromatic N) is 1. The summed E-state index contributed by atoms with van der Waals surface area (Å²) in [6.07, 6.45) is 0. The minimum absolute atomic E-state index is 0.281. The van der Waals surface area contributed by atoms with Crippen molar-refractivity contribution >= 4 is 11.5 Å². The molecule has 1 aromatic carbocycles. The molecule has 0 unspecified atom stereocenters. The number of rotatable bonds is 1. The van der Waals surface area contributed by atoms with Gasteiger partial charge in [0.2, 0.25) is 0 Å². The van der Waals surface area contributed by atoms with Crippen molar-refractivity contribution in [2.75, 3.05) is 11.9 Å². The number of para-hydroxylation sites is 1. The van der Waals surface area contributed by atoms with Gasteiger partial charge in [-0.15, -0.1) is 0 Å². The number of halogens is 1. The number of amidine groups is 1. The lowest BCUT2D eigenvalue weighted by Crippen LogP contribution is -2.36. The zero-order chi connectivity index (χ0) is 11.6. The molecule has 0 atom stereocenters. The van der Waals surface area contributed by atoms with Gasteiger partial charge < -0.3 is 4.90 Å². The predicted molar refractivity (Wildman–Crippen MR) is 62.0 cm³/mol. The largest absolute Gasteiger partial charge is 0.331 e. The van der Waals surface area contributed by atoms with Gasteiger partial charge in [0.05, 0.1) is 5.69 Å². The van der Waals surface area contributed by atoms with E-state index in [-0.39, 0.29) is 11.2 Å². The Labute approximate surface area is 90.2 Å². The van der Waals surface area contributed by atoms with E-state index in [0.29, 0.717) is 11.5 Å². The van der Waals surface area contributed by atoms with Crippen LogP contribution in [-0.4, -0.2) is 12.9 Å². The van der Waals surface area contributed by atoms with E-state index in [0.717, 1.165) is 0 Å². The van der Waals surface area contributed by atoms with Gasteiger partial charge in [-0.3, -0.25) is 5.41 Å². The lowest BCUT2D eigenvalue weighted by atomic mass is 9.94. The molecule has 1 aromatic rings.